The van der Waals surface area contributed by atoms with Gasteiger partial charge in [0.05, 0.1) is 13.1 Å². The van der Waals surface area contributed by atoms with Gasteiger partial charge in [-0.2, -0.15) is 10.1 Å². The van der Waals surface area contributed by atoms with Crippen molar-refractivity contribution in [2.45, 2.75) is 19.5 Å². The van der Waals surface area contributed by atoms with E-state index in [1.807, 2.05) is 37.4 Å². The summed E-state index contributed by atoms with van der Waals surface area (Å²) in [5.41, 5.74) is 1.16. The van der Waals surface area contributed by atoms with Crippen LogP contribution in [0.5, 0.6) is 0 Å². The van der Waals surface area contributed by atoms with Crippen molar-refractivity contribution in [3.63, 3.8) is 0 Å². The molecule has 3 aromatic rings. The first-order chi connectivity index (χ1) is 10.3. The first-order valence-corrected chi connectivity index (χ1v) is 6.70. The van der Waals surface area contributed by atoms with Gasteiger partial charge in [0.1, 0.15) is 6.33 Å². The average molecular weight is 284 g/mol. The number of aromatic nitrogens is 5. The summed E-state index contributed by atoms with van der Waals surface area (Å²) in [6.45, 7) is 1.07. The average Bonchev–Trinajstić information content (AvgIpc) is 3.10. The molecule has 0 aliphatic rings. The van der Waals surface area contributed by atoms with E-state index in [0.717, 1.165) is 11.4 Å². The molecule has 0 spiro atoms. The minimum atomic E-state index is 0.500. The summed E-state index contributed by atoms with van der Waals surface area (Å²) in [5.74, 6) is 1.99. The second kappa shape index (κ2) is 6.27. The largest absolute Gasteiger partial charge is 0.338 e. The predicted octanol–water partition coefficient (Wildman–Crippen LogP) is 1.08. The Labute approximate surface area is 122 Å². The molecule has 2 aromatic heterocycles. The van der Waals surface area contributed by atoms with Gasteiger partial charge in [0.15, 0.2) is 11.6 Å². The number of rotatable bonds is 6. The van der Waals surface area contributed by atoms with E-state index in [0.29, 0.717) is 31.2 Å². The standard InChI is InChI=1S/C14H16N6O/c1-20-10-16-13(18-20)8-15-9-14-17-12(19-21-14)7-11-5-3-2-4-6-11/h2-6,10,15H,7-9H2,1H3. The fraction of sp³-hybridized carbons (Fsp3) is 0.286. The maximum absolute atomic E-state index is 5.21. The molecule has 0 fully saturated rings. The second-order valence-electron chi connectivity index (χ2n) is 4.70. The summed E-state index contributed by atoms with van der Waals surface area (Å²) in [6, 6.07) is 10.1. The fourth-order valence-corrected chi connectivity index (χ4v) is 1.96. The Morgan fingerprint density at radius 3 is 2.76 bits per heavy atom. The normalized spacial score (nSPS) is 10.9. The maximum atomic E-state index is 5.21. The summed E-state index contributed by atoms with van der Waals surface area (Å²) >= 11 is 0. The van der Waals surface area contributed by atoms with Gasteiger partial charge in [-0.25, -0.2) is 4.98 Å². The highest BCUT2D eigenvalue weighted by Crippen LogP contribution is 2.06. The van der Waals surface area contributed by atoms with Gasteiger partial charge in [-0.3, -0.25) is 4.68 Å². The van der Waals surface area contributed by atoms with E-state index in [9.17, 15) is 0 Å². The van der Waals surface area contributed by atoms with Gasteiger partial charge < -0.3 is 9.84 Å². The van der Waals surface area contributed by atoms with E-state index in [2.05, 4.69) is 25.5 Å². The topological polar surface area (TPSA) is 81.7 Å². The molecule has 0 saturated heterocycles. The molecule has 7 heteroatoms. The molecule has 21 heavy (non-hydrogen) atoms. The minimum absolute atomic E-state index is 0.500. The molecule has 108 valence electrons. The van der Waals surface area contributed by atoms with Crippen LogP contribution in [-0.2, 0) is 26.6 Å². The van der Waals surface area contributed by atoms with Crippen LogP contribution in [0.15, 0.2) is 41.2 Å². The zero-order chi connectivity index (χ0) is 14.5. The molecule has 1 N–H and O–H groups in total. The lowest BCUT2D eigenvalue weighted by Crippen LogP contribution is -2.14. The molecule has 0 bridgehead atoms. The molecule has 0 unspecified atom stereocenters. The Kier molecular flexibility index (Phi) is 4.02. The van der Waals surface area contributed by atoms with Crippen LogP contribution in [0, 0.1) is 0 Å². The summed E-state index contributed by atoms with van der Waals surface area (Å²) in [6.07, 6.45) is 2.34. The van der Waals surface area contributed by atoms with Crippen LogP contribution in [0.2, 0.25) is 0 Å². The van der Waals surface area contributed by atoms with E-state index < -0.39 is 0 Å². The van der Waals surface area contributed by atoms with Crippen LogP contribution in [0.4, 0.5) is 0 Å². The van der Waals surface area contributed by atoms with E-state index >= 15 is 0 Å². The third-order valence-electron chi connectivity index (χ3n) is 2.92. The monoisotopic (exact) mass is 284 g/mol. The van der Waals surface area contributed by atoms with Gasteiger partial charge in [-0.05, 0) is 5.56 Å². The summed E-state index contributed by atoms with van der Waals surface area (Å²) in [7, 11) is 1.84. The van der Waals surface area contributed by atoms with Crippen molar-refractivity contribution in [3.8, 4) is 0 Å². The number of nitrogens with one attached hydrogen (secondary N) is 1. The Morgan fingerprint density at radius 2 is 2.00 bits per heavy atom. The molecule has 0 atom stereocenters. The van der Waals surface area contributed by atoms with Crippen molar-refractivity contribution in [2.24, 2.45) is 7.05 Å². The molecule has 1 aromatic carbocycles. The summed E-state index contributed by atoms with van der Waals surface area (Å²) in [4.78, 5) is 8.49. The van der Waals surface area contributed by atoms with Crippen LogP contribution in [0.1, 0.15) is 23.1 Å². The Hall–Kier alpha value is -2.54. The summed E-state index contributed by atoms with van der Waals surface area (Å²) < 4.78 is 6.88. The highest BCUT2D eigenvalue weighted by Gasteiger charge is 2.07. The number of hydrogen-bond acceptors (Lipinski definition) is 6. The lowest BCUT2D eigenvalue weighted by atomic mass is 10.1. The Morgan fingerprint density at radius 1 is 1.14 bits per heavy atom. The maximum Gasteiger partial charge on any atom is 0.240 e. The number of aryl methyl sites for hydroxylation is 1. The van der Waals surface area contributed by atoms with E-state index in [4.69, 9.17) is 4.52 Å². The molecule has 0 aliphatic carbocycles. The lowest BCUT2D eigenvalue weighted by molar-refractivity contribution is 0.362. The highest BCUT2D eigenvalue weighted by molar-refractivity contribution is 5.18. The Balaban J connectivity index is 1.51. The highest BCUT2D eigenvalue weighted by atomic mass is 16.5. The van der Waals surface area contributed by atoms with Gasteiger partial charge in [-0.15, -0.1) is 0 Å². The van der Waals surface area contributed by atoms with E-state index in [1.54, 1.807) is 11.0 Å². The molecule has 3 rings (SSSR count). The van der Waals surface area contributed by atoms with Crippen LogP contribution in [-0.4, -0.2) is 24.9 Å². The van der Waals surface area contributed by atoms with Gasteiger partial charge in [0.25, 0.3) is 0 Å². The molecule has 2 heterocycles. The molecule has 0 saturated carbocycles. The number of hydrogen-bond donors (Lipinski definition) is 1. The zero-order valence-corrected chi connectivity index (χ0v) is 11.7. The lowest BCUT2D eigenvalue weighted by Gasteiger charge is -1.96. The second-order valence-corrected chi connectivity index (χ2v) is 4.70. The van der Waals surface area contributed by atoms with Crippen molar-refractivity contribution in [3.05, 3.63) is 59.8 Å². The van der Waals surface area contributed by atoms with Crippen molar-refractivity contribution in [1.29, 1.82) is 0 Å². The first-order valence-electron chi connectivity index (χ1n) is 6.70. The molecule has 7 nitrogen and oxygen atoms in total. The van der Waals surface area contributed by atoms with Crippen molar-refractivity contribution >= 4 is 0 Å². The third-order valence-corrected chi connectivity index (χ3v) is 2.92. The molecule has 0 aliphatic heterocycles. The fourth-order valence-electron chi connectivity index (χ4n) is 1.96. The quantitative estimate of drug-likeness (QED) is 0.729. The smallest absolute Gasteiger partial charge is 0.240 e. The van der Waals surface area contributed by atoms with Crippen molar-refractivity contribution in [1.82, 2.24) is 30.2 Å². The van der Waals surface area contributed by atoms with Gasteiger partial charge >= 0.3 is 0 Å². The SMILES string of the molecule is Cn1cnc(CNCc2nc(Cc3ccccc3)no2)n1. The van der Waals surface area contributed by atoms with E-state index in [-0.39, 0.29) is 0 Å². The van der Waals surface area contributed by atoms with Gasteiger partial charge in [0.2, 0.25) is 5.89 Å². The van der Waals surface area contributed by atoms with Crippen LogP contribution < -0.4 is 5.32 Å². The predicted molar refractivity (Wildman–Crippen MR) is 75.1 cm³/mol. The van der Waals surface area contributed by atoms with Gasteiger partial charge in [0, 0.05) is 13.5 Å². The third kappa shape index (κ3) is 3.73. The zero-order valence-electron chi connectivity index (χ0n) is 11.7. The molecule has 0 radical (unpaired) electrons. The van der Waals surface area contributed by atoms with Crippen LogP contribution in [0.25, 0.3) is 0 Å². The van der Waals surface area contributed by atoms with E-state index in [1.165, 1.54) is 0 Å². The summed E-state index contributed by atoms with van der Waals surface area (Å²) in [5, 5.41) is 11.3. The van der Waals surface area contributed by atoms with Crippen molar-refractivity contribution in [2.75, 3.05) is 0 Å². The first kappa shape index (κ1) is 13.4. The molecular weight excluding hydrogens is 268 g/mol. The minimum Gasteiger partial charge on any atom is -0.338 e. The number of benzene rings is 1. The van der Waals surface area contributed by atoms with Gasteiger partial charge in [-0.1, -0.05) is 35.5 Å². The van der Waals surface area contributed by atoms with Crippen LogP contribution in [0.3, 0.4) is 0 Å². The van der Waals surface area contributed by atoms with Crippen molar-refractivity contribution < 1.29 is 4.52 Å². The molecular formula is C14H16N6O. The Bertz CT molecular complexity index is 690. The molecule has 0 amide bonds. The number of nitrogens with zero attached hydrogens (tertiary/aromatic N) is 5. The van der Waals surface area contributed by atoms with Crippen LogP contribution >= 0.6 is 0 Å².